The van der Waals surface area contributed by atoms with Gasteiger partial charge in [-0.15, -0.1) is 0 Å². The highest BCUT2D eigenvalue weighted by Crippen LogP contribution is 2.31. The number of fused-ring (bicyclic) bond motifs is 1. The summed E-state index contributed by atoms with van der Waals surface area (Å²) in [6.07, 6.45) is 3.52. The van der Waals surface area contributed by atoms with E-state index < -0.39 is 0 Å². The van der Waals surface area contributed by atoms with E-state index in [9.17, 15) is 4.79 Å². The summed E-state index contributed by atoms with van der Waals surface area (Å²) in [6.45, 7) is 3.94. The maximum atomic E-state index is 11.9. The Labute approximate surface area is 90.8 Å². The van der Waals surface area contributed by atoms with Crippen molar-refractivity contribution in [3.8, 4) is 0 Å². The number of nitrogens with zero attached hydrogens (tertiary/aromatic N) is 1. The van der Waals surface area contributed by atoms with Gasteiger partial charge in [0.15, 0.2) is 0 Å². The van der Waals surface area contributed by atoms with Crippen molar-refractivity contribution in [3.05, 3.63) is 0 Å². The van der Waals surface area contributed by atoms with Crippen LogP contribution >= 0.6 is 0 Å². The third-order valence-corrected chi connectivity index (χ3v) is 3.50. The minimum atomic E-state index is -0.385. The van der Waals surface area contributed by atoms with E-state index in [1.54, 1.807) is 6.92 Å². The van der Waals surface area contributed by atoms with Gasteiger partial charge >= 0.3 is 0 Å². The zero-order valence-corrected chi connectivity index (χ0v) is 9.32. The normalized spacial score (nSPS) is 33.3. The standard InChI is InChI=1S/C11H20N2O2/c1-8(12)11(14)13-5-6-15-7-9-3-2-4-10(9)13/h8-10H,2-7,12H2,1H3. The first-order chi connectivity index (χ1) is 7.20. The lowest BCUT2D eigenvalue weighted by atomic mass is 10.0. The van der Waals surface area contributed by atoms with Gasteiger partial charge < -0.3 is 15.4 Å². The Balaban J connectivity index is 2.10. The SMILES string of the molecule is CC(N)C(=O)N1CCOCC2CCCC21. The van der Waals surface area contributed by atoms with Gasteiger partial charge in [-0.3, -0.25) is 4.79 Å². The van der Waals surface area contributed by atoms with Crippen LogP contribution in [-0.2, 0) is 9.53 Å². The molecule has 2 aliphatic rings. The molecule has 0 aromatic heterocycles. The molecule has 1 saturated heterocycles. The molecule has 3 atom stereocenters. The molecule has 1 saturated carbocycles. The van der Waals surface area contributed by atoms with Crippen LogP contribution in [0.2, 0.25) is 0 Å². The summed E-state index contributed by atoms with van der Waals surface area (Å²) in [7, 11) is 0. The number of ether oxygens (including phenoxy) is 1. The first kappa shape index (κ1) is 10.9. The molecule has 0 spiro atoms. The summed E-state index contributed by atoms with van der Waals surface area (Å²) in [4.78, 5) is 13.9. The zero-order valence-electron chi connectivity index (χ0n) is 9.32. The van der Waals surface area contributed by atoms with Crippen molar-refractivity contribution in [1.29, 1.82) is 0 Å². The molecule has 15 heavy (non-hydrogen) atoms. The van der Waals surface area contributed by atoms with Crippen LogP contribution in [0.25, 0.3) is 0 Å². The first-order valence-corrected chi connectivity index (χ1v) is 5.84. The second-order valence-corrected chi connectivity index (χ2v) is 4.65. The van der Waals surface area contributed by atoms with E-state index in [2.05, 4.69) is 0 Å². The predicted octanol–water partition coefficient (Wildman–Crippen LogP) is 0.361. The van der Waals surface area contributed by atoms with E-state index >= 15 is 0 Å². The van der Waals surface area contributed by atoms with Crippen molar-refractivity contribution in [3.63, 3.8) is 0 Å². The zero-order chi connectivity index (χ0) is 10.8. The van der Waals surface area contributed by atoms with Gasteiger partial charge in [-0.25, -0.2) is 0 Å². The average molecular weight is 212 g/mol. The molecule has 1 aliphatic carbocycles. The summed E-state index contributed by atoms with van der Waals surface area (Å²) >= 11 is 0. The number of carbonyl (C=O) groups excluding carboxylic acids is 1. The first-order valence-electron chi connectivity index (χ1n) is 5.84. The third-order valence-electron chi connectivity index (χ3n) is 3.50. The van der Waals surface area contributed by atoms with Crippen LogP contribution in [0.4, 0.5) is 0 Å². The fraction of sp³-hybridized carbons (Fsp3) is 0.909. The van der Waals surface area contributed by atoms with Gasteiger partial charge in [0.2, 0.25) is 5.91 Å². The van der Waals surface area contributed by atoms with Crippen molar-refractivity contribution < 1.29 is 9.53 Å². The number of hydrogen-bond acceptors (Lipinski definition) is 3. The third kappa shape index (κ3) is 2.16. The van der Waals surface area contributed by atoms with Crippen LogP contribution in [-0.4, -0.2) is 42.6 Å². The van der Waals surface area contributed by atoms with E-state index in [0.29, 0.717) is 25.1 Å². The summed E-state index contributed by atoms with van der Waals surface area (Å²) in [5.41, 5.74) is 5.67. The molecule has 4 heteroatoms. The van der Waals surface area contributed by atoms with Crippen LogP contribution in [0.1, 0.15) is 26.2 Å². The topological polar surface area (TPSA) is 55.6 Å². The molecular formula is C11H20N2O2. The molecule has 0 bridgehead atoms. The van der Waals surface area contributed by atoms with Crippen molar-refractivity contribution in [2.45, 2.75) is 38.3 Å². The molecule has 2 N–H and O–H groups in total. The maximum Gasteiger partial charge on any atom is 0.239 e. The Kier molecular flexibility index (Phi) is 3.26. The molecule has 0 aromatic rings. The Morgan fingerprint density at radius 3 is 3.07 bits per heavy atom. The molecule has 2 fully saturated rings. The molecule has 2 rings (SSSR count). The summed E-state index contributed by atoms with van der Waals surface area (Å²) in [6, 6.07) is -0.00431. The number of hydrogen-bond donors (Lipinski definition) is 1. The second kappa shape index (κ2) is 4.49. The number of nitrogens with two attached hydrogens (primary N) is 1. The largest absolute Gasteiger partial charge is 0.379 e. The lowest BCUT2D eigenvalue weighted by molar-refractivity contribution is -0.134. The number of rotatable bonds is 1. The lowest BCUT2D eigenvalue weighted by Gasteiger charge is -2.31. The van der Waals surface area contributed by atoms with Crippen molar-refractivity contribution in [2.75, 3.05) is 19.8 Å². The fourth-order valence-corrected chi connectivity index (χ4v) is 2.72. The van der Waals surface area contributed by atoms with Crippen LogP contribution in [0.15, 0.2) is 0 Å². The maximum absolute atomic E-state index is 11.9. The van der Waals surface area contributed by atoms with Crippen molar-refractivity contribution in [1.82, 2.24) is 4.90 Å². The Bertz CT molecular complexity index is 243. The van der Waals surface area contributed by atoms with Crippen LogP contribution < -0.4 is 5.73 Å². The highest BCUT2D eigenvalue weighted by atomic mass is 16.5. The lowest BCUT2D eigenvalue weighted by Crippen LogP contribution is -2.49. The van der Waals surface area contributed by atoms with E-state index in [0.717, 1.165) is 13.0 Å². The molecule has 0 aromatic carbocycles. The van der Waals surface area contributed by atoms with Crippen LogP contribution in [0.3, 0.4) is 0 Å². The van der Waals surface area contributed by atoms with Gasteiger partial charge in [0.1, 0.15) is 0 Å². The molecule has 3 unspecified atom stereocenters. The smallest absolute Gasteiger partial charge is 0.239 e. The average Bonchev–Trinajstić information content (AvgIpc) is 2.57. The predicted molar refractivity (Wildman–Crippen MR) is 57.3 cm³/mol. The quantitative estimate of drug-likeness (QED) is 0.683. The van der Waals surface area contributed by atoms with Gasteiger partial charge in [0, 0.05) is 18.5 Å². The van der Waals surface area contributed by atoms with Gasteiger partial charge in [-0.05, 0) is 19.8 Å². The highest BCUT2D eigenvalue weighted by Gasteiger charge is 2.36. The second-order valence-electron chi connectivity index (χ2n) is 4.65. The highest BCUT2D eigenvalue weighted by molar-refractivity contribution is 5.81. The molecule has 4 nitrogen and oxygen atoms in total. The molecule has 1 amide bonds. The van der Waals surface area contributed by atoms with Gasteiger partial charge in [-0.1, -0.05) is 6.42 Å². The van der Waals surface area contributed by atoms with E-state index in [-0.39, 0.29) is 11.9 Å². The number of amides is 1. The molecule has 1 heterocycles. The minimum Gasteiger partial charge on any atom is -0.379 e. The van der Waals surface area contributed by atoms with E-state index in [1.165, 1.54) is 12.8 Å². The van der Waals surface area contributed by atoms with E-state index in [1.807, 2.05) is 4.90 Å². The van der Waals surface area contributed by atoms with Crippen LogP contribution in [0.5, 0.6) is 0 Å². The molecule has 1 aliphatic heterocycles. The monoisotopic (exact) mass is 212 g/mol. The Morgan fingerprint density at radius 1 is 1.53 bits per heavy atom. The number of carbonyl (C=O) groups is 1. The van der Waals surface area contributed by atoms with Crippen molar-refractivity contribution >= 4 is 5.91 Å². The molecule has 86 valence electrons. The molecular weight excluding hydrogens is 192 g/mol. The fourth-order valence-electron chi connectivity index (χ4n) is 2.72. The Hall–Kier alpha value is -0.610. The van der Waals surface area contributed by atoms with Gasteiger partial charge in [0.25, 0.3) is 0 Å². The Morgan fingerprint density at radius 2 is 2.33 bits per heavy atom. The summed E-state index contributed by atoms with van der Waals surface area (Å²) in [5.74, 6) is 0.618. The summed E-state index contributed by atoms with van der Waals surface area (Å²) < 4.78 is 5.53. The molecule has 0 radical (unpaired) electrons. The van der Waals surface area contributed by atoms with Gasteiger partial charge in [0.05, 0.1) is 19.3 Å². The minimum absolute atomic E-state index is 0.0809. The van der Waals surface area contributed by atoms with E-state index in [4.69, 9.17) is 10.5 Å². The van der Waals surface area contributed by atoms with Crippen LogP contribution in [0, 0.1) is 5.92 Å². The summed E-state index contributed by atoms with van der Waals surface area (Å²) in [5, 5.41) is 0. The van der Waals surface area contributed by atoms with Gasteiger partial charge in [-0.2, -0.15) is 0 Å². The van der Waals surface area contributed by atoms with Crippen molar-refractivity contribution in [2.24, 2.45) is 11.7 Å².